The fourth-order valence-electron chi connectivity index (χ4n) is 3.97. The number of nitrogens with zero attached hydrogens (tertiary/aromatic N) is 1. The molecule has 0 unspecified atom stereocenters. The Morgan fingerprint density at radius 3 is 2.67 bits per heavy atom. The molecule has 2 aliphatic rings. The number of hydrogen-bond donors (Lipinski definition) is 1. The number of hydrogen-bond acceptors (Lipinski definition) is 3. The highest BCUT2D eigenvalue weighted by Gasteiger charge is 2.34. The molecule has 1 spiro atoms. The summed E-state index contributed by atoms with van der Waals surface area (Å²) < 4.78 is 5.39. The summed E-state index contributed by atoms with van der Waals surface area (Å²) in [5, 5.41) is 3.87. The van der Waals surface area contributed by atoms with Crippen LogP contribution in [-0.2, 0) is 0 Å². The van der Waals surface area contributed by atoms with Crippen LogP contribution in [0.25, 0.3) is 0 Å². The summed E-state index contributed by atoms with van der Waals surface area (Å²) in [7, 11) is 1.74. The highest BCUT2D eigenvalue weighted by Crippen LogP contribution is 2.33. The second-order valence-corrected chi connectivity index (χ2v) is 6.70. The predicted octanol–water partition coefficient (Wildman–Crippen LogP) is 3.51. The Hall–Kier alpha value is -1.22. The molecule has 0 atom stereocenters. The number of nitrogens with one attached hydrogen (secondary N) is 1. The minimum atomic E-state index is 0.350. The molecule has 116 valence electrons. The first-order valence-electron chi connectivity index (χ1n) is 8.37. The van der Waals surface area contributed by atoms with Gasteiger partial charge in [0.15, 0.2) is 0 Å². The van der Waals surface area contributed by atoms with Gasteiger partial charge < -0.3 is 15.0 Å². The molecule has 1 aliphatic heterocycles. The van der Waals surface area contributed by atoms with Crippen molar-refractivity contribution in [2.24, 2.45) is 0 Å². The average molecular weight is 288 g/mol. The van der Waals surface area contributed by atoms with E-state index in [1.54, 1.807) is 7.11 Å². The molecule has 0 bridgehead atoms. The van der Waals surface area contributed by atoms with Crippen LogP contribution in [0, 0.1) is 6.92 Å². The van der Waals surface area contributed by atoms with Crippen LogP contribution >= 0.6 is 0 Å². The van der Waals surface area contributed by atoms with Crippen molar-refractivity contribution in [2.75, 3.05) is 31.6 Å². The van der Waals surface area contributed by atoms with Gasteiger partial charge in [-0.3, -0.25) is 0 Å². The van der Waals surface area contributed by atoms with E-state index in [1.165, 1.54) is 49.8 Å². The Bertz CT molecular complexity index is 480. The van der Waals surface area contributed by atoms with Crippen LogP contribution in [0.15, 0.2) is 18.2 Å². The molecule has 0 amide bonds. The van der Waals surface area contributed by atoms with Gasteiger partial charge in [-0.25, -0.2) is 0 Å². The molecule has 1 aromatic rings. The van der Waals surface area contributed by atoms with Crippen LogP contribution in [0.4, 0.5) is 5.69 Å². The fraction of sp³-hybridized carbons (Fsp3) is 0.667. The Morgan fingerprint density at radius 2 is 1.95 bits per heavy atom. The lowest BCUT2D eigenvalue weighted by atomic mass is 9.81. The first-order chi connectivity index (χ1) is 10.2. The van der Waals surface area contributed by atoms with Gasteiger partial charge in [-0.15, -0.1) is 0 Å². The van der Waals surface area contributed by atoms with Crippen LogP contribution < -0.4 is 15.0 Å². The quantitative estimate of drug-likeness (QED) is 0.901. The number of anilines is 1. The number of ether oxygens (including phenoxy) is 1. The molecule has 3 nitrogen and oxygen atoms in total. The largest absolute Gasteiger partial charge is 0.496 e. The molecule has 1 saturated heterocycles. The molecule has 0 aromatic heterocycles. The molecule has 1 aromatic carbocycles. The van der Waals surface area contributed by atoms with Crippen molar-refractivity contribution in [2.45, 2.75) is 51.0 Å². The summed E-state index contributed by atoms with van der Waals surface area (Å²) in [6.07, 6.45) is 8.06. The topological polar surface area (TPSA) is 24.5 Å². The van der Waals surface area contributed by atoms with Gasteiger partial charge in [0, 0.05) is 24.3 Å². The summed E-state index contributed by atoms with van der Waals surface area (Å²) in [5.74, 6) is 0.985. The third kappa shape index (κ3) is 3.18. The monoisotopic (exact) mass is 288 g/mol. The van der Waals surface area contributed by atoms with E-state index >= 15 is 0 Å². The summed E-state index contributed by atoms with van der Waals surface area (Å²) in [6.45, 7) is 5.60. The lowest BCUT2D eigenvalue weighted by molar-refractivity contribution is 0.246. The average Bonchev–Trinajstić information content (AvgIpc) is 2.71. The first-order valence-corrected chi connectivity index (χ1v) is 8.37. The van der Waals surface area contributed by atoms with Crippen molar-refractivity contribution in [3.63, 3.8) is 0 Å². The third-order valence-corrected chi connectivity index (χ3v) is 5.15. The summed E-state index contributed by atoms with van der Waals surface area (Å²) >= 11 is 0. The molecule has 3 rings (SSSR count). The number of aryl methyl sites for hydroxylation is 1. The molecule has 1 saturated carbocycles. The minimum absolute atomic E-state index is 0.350. The van der Waals surface area contributed by atoms with Gasteiger partial charge in [0.2, 0.25) is 0 Å². The van der Waals surface area contributed by atoms with E-state index in [9.17, 15) is 0 Å². The highest BCUT2D eigenvalue weighted by molar-refractivity contribution is 5.53. The SMILES string of the molecule is COc1ccc(N2CCCNC3(CCCCC3)C2)cc1C. The smallest absolute Gasteiger partial charge is 0.121 e. The fourth-order valence-corrected chi connectivity index (χ4v) is 3.97. The van der Waals surface area contributed by atoms with E-state index in [2.05, 4.69) is 35.3 Å². The predicted molar refractivity (Wildman–Crippen MR) is 88.4 cm³/mol. The van der Waals surface area contributed by atoms with E-state index in [0.29, 0.717) is 5.54 Å². The van der Waals surface area contributed by atoms with Crippen molar-refractivity contribution < 1.29 is 4.74 Å². The second kappa shape index (κ2) is 6.27. The maximum Gasteiger partial charge on any atom is 0.121 e. The zero-order valence-electron chi connectivity index (χ0n) is 13.5. The van der Waals surface area contributed by atoms with Crippen LogP contribution in [-0.4, -0.2) is 32.3 Å². The maximum atomic E-state index is 5.39. The zero-order chi connectivity index (χ0) is 14.7. The molecule has 0 radical (unpaired) electrons. The Kier molecular flexibility index (Phi) is 4.39. The molecule has 2 fully saturated rings. The van der Waals surface area contributed by atoms with E-state index < -0.39 is 0 Å². The Labute approximate surface area is 128 Å². The molecule has 21 heavy (non-hydrogen) atoms. The summed E-state index contributed by atoms with van der Waals surface area (Å²) in [6, 6.07) is 6.60. The molecular weight excluding hydrogens is 260 g/mol. The van der Waals surface area contributed by atoms with Gasteiger partial charge >= 0.3 is 0 Å². The number of benzene rings is 1. The van der Waals surface area contributed by atoms with E-state index in [-0.39, 0.29) is 0 Å². The molecule has 3 heteroatoms. The normalized spacial score (nSPS) is 22.1. The van der Waals surface area contributed by atoms with Crippen LogP contribution in [0.2, 0.25) is 0 Å². The minimum Gasteiger partial charge on any atom is -0.496 e. The van der Waals surface area contributed by atoms with Crippen molar-refractivity contribution in [1.29, 1.82) is 0 Å². The van der Waals surface area contributed by atoms with Gasteiger partial charge in [-0.2, -0.15) is 0 Å². The van der Waals surface area contributed by atoms with Gasteiger partial charge in [-0.1, -0.05) is 19.3 Å². The van der Waals surface area contributed by atoms with Gasteiger partial charge in [0.1, 0.15) is 5.75 Å². The number of rotatable bonds is 2. The van der Waals surface area contributed by atoms with Crippen molar-refractivity contribution in [3.8, 4) is 5.75 Å². The van der Waals surface area contributed by atoms with Gasteiger partial charge in [-0.05, 0) is 56.5 Å². The summed E-state index contributed by atoms with van der Waals surface area (Å²) in [5.41, 5.74) is 2.93. The molecule has 1 heterocycles. The molecular formula is C18H28N2O. The van der Waals surface area contributed by atoms with Crippen molar-refractivity contribution in [3.05, 3.63) is 23.8 Å². The van der Waals surface area contributed by atoms with E-state index in [0.717, 1.165) is 25.4 Å². The number of methoxy groups -OCH3 is 1. The van der Waals surface area contributed by atoms with E-state index in [1.807, 2.05) is 0 Å². The molecule has 1 aliphatic carbocycles. The summed E-state index contributed by atoms with van der Waals surface area (Å²) in [4.78, 5) is 2.58. The standard InChI is InChI=1S/C18H28N2O/c1-15-13-16(7-8-17(15)21-2)20-12-6-11-19-18(14-20)9-4-3-5-10-18/h7-8,13,19H,3-6,9-12,14H2,1-2H3. The Morgan fingerprint density at radius 1 is 1.14 bits per heavy atom. The van der Waals surface area contributed by atoms with Crippen molar-refractivity contribution >= 4 is 5.69 Å². The zero-order valence-corrected chi connectivity index (χ0v) is 13.5. The van der Waals surface area contributed by atoms with Gasteiger partial charge in [0.05, 0.1) is 7.11 Å². The van der Waals surface area contributed by atoms with Crippen LogP contribution in [0.1, 0.15) is 44.1 Å². The van der Waals surface area contributed by atoms with Crippen LogP contribution in [0.5, 0.6) is 5.75 Å². The second-order valence-electron chi connectivity index (χ2n) is 6.70. The van der Waals surface area contributed by atoms with E-state index in [4.69, 9.17) is 4.74 Å². The Balaban J connectivity index is 1.81. The van der Waals surface area contributed by atoms with Crippen molar-refractivity contribution in [1.82, 2.24) is 5.32 Å². The molecule has 1 N–H and O–H groups in total. The lowest BCUT2D eigenvalue weighted by Crippen LogP contribution is -2.52. The lowest BCUT2D eigenvalue weighted by Gasteiger charge is -2.40. The van der Waals surface area contributed by atoms with Crippen LogP contribution in [0.3, 0.4) is 0 Å². The highest BCUT2D eigenvalue weighted by atomic mass is 16.5. The van der Waals surface area contributed by atoms with Gasteiger partial charge in [0.25, 0.3) is 0 Å². The third-order valence-electron chi connectivity index (χ3n) is 5.15. The maximum absolute atomic E-state index is 5.39. The first kappa shape index (κ1) is 14.7.